The molecule has 2 heterocycles. The van der Waals surface area contributed by atoms with Gasteiger partial charge in [0.05, 0.1) is 13.5 Å². The fourth-order valence-electron chi connectivity index (χ4n) is 7.13. The summed E-state index contributed by atoms with van der Waals surface area (Å²) in [7, 11) is 2.04. The highest BCUT2D eigenvalue weighted by Gasteiger charge is 2.41. The minimum absolute atomic E-state index is 0.238. The molecule has 0 bridgehead atoms. The second-order valence-corrected chi connectivity index (χ2v) is 10.9. The van der Waals surface area contributed by atoms with E-state index in [2.05, 4.69) is 71.0 Å². The van der Waals surface area contributed by atoms with Gasteiger partial charge in [0, 0.05) is 40.3 Å². The SMILES string of the molecule is [2H]C1=C2C=CC=C3CCC4=CC=CC(=C1c1ccc([N+]#[C-])c5c1oc1c(-c6cccc[n+]6C)c(C)ccc15)C4C32. The Kier molecular flexibility index (Phi) is 4.45. The molecule has 0 amide bonds. The summed E-state index contributed by atoms with van der Waals surface area (Å²) in [5, 5.41) is 1.76. The van der Waals surface area contributed by atoms with Crippen LogP contribution in [0.4, 0.5) is 5.69 Å². The third kappa shape index (κ3) is 3.06. The van der Waals surface area contributed by atoms with Crippen molar-refractivity contribution in [3.63, 3.8) is 0 Å². The molecule has 0 aliphatic heterocycles. The number of aryl methyl sites for hydroxylation is 2. The highest BCUT2D eigenvalue weighted by atomic mass is 16.3. The van der Waals surface area contributed by atoms with E-state index in [0.717, 1.165) is 62.7 Å². The number of hydrogen-bond donors (Lipinski definition) is 0. The summed E-state index contributed by atoms with van der Waals surface area (Å²) >= 11 is 0. The minimum atomic E-state index is 0.238. The first-order valence-corrected chi connectivity index (χ1v) is 13.6. The molecule has 2 aromatic carbocycles. The number of furan rings is 1. The summed E-state index contributed by atoms with van der Waals surface area (Å²) < 4.78 is 18.5. The zero-order valence-corrected chi connectivity index (χ0v) is 22.0. The van der Waals surface area contributed by atoms with Gasteiger partial charge in [-0.1, -0.05) is 77.9 Å². The van der Waals surface area contributed by atoms with E-state index in [1.165, 1.54) is 16.7 Å². The predicted molar refractivity (Wildman–Crippen MR) is 157 cm³/mol. The van der Waals surface area contributed by atoms with Crippen LogP contribution in [0.3, 0.4) is 0 Å². The van der Waals surface area contributed by atoms with Crippen LogP contribution in [0.5, 0.6) is 0 Å². The zero-order chi connectivity index (χ0) is 27.1. The minimum Gasteiger partial charge on any atom is -0.456 e. The zero-order valence-electron chi connectivity index (χ0n) is 23.0. The van der Waals surface area contributed by atoms with E-state index in [-0.39, 0.29) is 11.8 Å². The maximum atomic E-state index is 9.53. The van der Waals surface area contributed by atoms with Crippen molar-refractivity contribution in [2.24, 2.45) is 18.9 Å². The fourth-order valence-corrected chi connectivity index (χ4v) is 7.13. The molecular formula is C36H27N2O+. The van der Waals surface area contributed by atoms with Gasteiger partial charge in [-0.15, -0.1) is 0 Å². The van der Waals surface area contributed by atoms with Crippen LogP contribution in [0.1, 0.15) is 25.3 Å². The maximum absolute atomic E-state index is 9.53. The van der Waals surface area contributed by atoms with Gasteiger partial charge in [0.2, 0.25) is 5.69 Å². The Bertz CT molecular complexity index is 2050. The maximum Gasteiger partial charge on any atom is 0.216 e. The number of nitrogens with zero attached hydrogens (tertiary/aromatic N) is 2. The van der Waals surface area contributed by atoms with Crippen LogP contribution in [0.2, 0.25) is 0 Å². The smallest absolute Gasteiger partial charge is 0.216 e. The molecule has 2 atom stereocenters. The summed E-state index contributed by atoms with van der Waals surface area (Å²) in [6, 6.07) is 14.8. The van der Waals surface area contributed by atoms with Crippen LogP contribution in [-0.2, 0) is 7.05 Å². The third-order valence-electron chi connectivity index (χ3n) is 8.91. The lowest BCUT2D eigenvalue weighted by molar-refractivity contribution is -0.660. The normalized spacial score (nSPS) is 21.6. The molecule has 1 saturated carbocycles. The standard InChI is InChI=1S/C36H27N2O/c1-21-13-16-27-34-29(37-2)18-17-26(35(34)39-36(27)31(21)30-12-4-5-19-38(30)3)28-20-24-10-6-8-22-14-15-23-9-7-11-25(28)33(23)32(22)24/h4-13,16-20,32-33H,14-15H2,1,3H3/q+1/i20D. The molecule has 2 unspecified atom stereocenters. The van der Waals surface area contributed by atoms with E-state index in [4.69, 9.17) is 11.0 Å². The summed E-state index contributed by atoms with van der Waals surface area (Å²) in [5.74, 6) is 0.484. The quantitative estimate of drug-likeness (QED) is 0.198. The second kappa shape index (κ2) is 8.16. The lowest BCUT2D eigenvalue weighted by Gasteiger charge is -2.43. The van der Waals surface area contributed by atoms with Gasteiger partial charge in [0.1, 0.15) is 18.2 Å². The molecule has 0 N–H and O–H groups in total. The predicted octanol–water partition coefficient (Wildman–Crippen LogP) is 8.65. The van der Waals surface area contributed by atoms with E-state index >= 15 is 0 Å². The van der Waals surface area contributed by atoms with Crippen molar-refractivity contribution in [2.45, 2.75) is 19.8 Å². The van der Waals surface area contributed by atoms with Crippen LogP contribution < -0.4 is 4.57 Å². The van der Waals surface area contributed by atoms with Crippen LogP contribution in [0.15, 0.2) is 118 Å². The molecule has 2 aromatic heterocycles. The van der Waals surface area contributed by atoms with E-state index in [1.807, 2.05) is 37.5 Å². The molecule has 3 heteroatoms. The third-order valence-corrected chi connectivity index (χ3v) is 8.91. The van der Waals surface area contributed by atoms with Gasteiger partial charge in [0.15, 0.2) is 11.9 Å². The first-order chi connectivity index (χ1) is 19.6. The monoisotopic (exact) mass is 504 g/mol. The number of allylic oxidation sites excluding steroid dienone is 12. The van der Waals surface area contributed by atoms with Crippen molar-refractivity contribution in [3.05, 3.63) is 136 Å². The first-order valence-electron chi connectivity index (χ1n) is 14.1. The number of rotatable bonds is 2. The van der Waals surface area contributed by atoms with E-state index in [0.29, 0.717) is 17.3 Å². The first kappa shape index (κ1) is 21.3. The number of aromatic nitrogens is 1. The van der Waals surface area contributed by atoms with Gasteiger partial charge in [-0.2, -0.15) is 0 Å². The molecule has 4 aliphatic rings. The molecule has 186 valence electrons. The van der Waals surface area contributed by atoms with Crippen LogP contribution in [0.25, 0.3) is 43.6 Å². The highest BCUT2D eigenvalue weighted by molar-refractivity contribution is 6.17. The average molecular weight is 505 g/mol. The van der Waals surface area contributed by atoms with Crippen molar-refractivity contribution in [1.82, 2.24) is 0 Å². The topological polar surface area (TPSA) is 21.4 Å². The Morgan fingerprint density at radius 2 is 1.79 bits per heavy atom. The van der Waals surface area contributed by atoms with Crippen LogP contribution in [-0.4, -0.2) is 0 Å². The number of benzene rings is 2. The molecule has 0 radical (unpaired) electrons. The molecule has 1 fully saturated rings. The number of fused-ring (bicyclic) bond motifs is 3. The Balaban J connectivity index is 1.47. The van der Waals surface area contributed by atoms with E-state index < -0.39 is 0 Å². The van der Waals surface area contributed by atoms with Gasteiger partial charge < -0.3 is 4.42 Å². The summed E-state index contributed by atoms with van der Waals surface area (Å²) in [4.78, 5) is 3.92. The summed E-state index contributed by atoms with van der Waals surface area (Å²) in [6.45, 7) is 10.1. The lowest BCUT2D eigenvalue weighted by Crippen LogP contribution is -2.31. The Morgan fingerprint density at radius 1 is 0.974 bits per heavy atom. The Labute approximate surface area is 229 Å². The van der Waals surface area contributed by atoms with Crippen molar-refractivity contribution < 1.29 is 10.4 Å². The van der Waals surface area contributed by atoms with Gasteiger partial charge >= 0.3 is 0 Å². The number of pyridine rings is 1. The van der Waals surface area contributed by atoms with Crippen molar-refractivity contribution in [1.29, 1.82) is 0 Å². The molecule has 4 aromatic rings. The summed E-state index contributed by atoms with van der Waals surface area (Å²) in [5.41, 5.74) is 12.2. The Morgan fingerprint density at radius 3 is 2.62 bits per heavy atom. The van der Waals surface area contributed by atoms with Crippen LogP contribution in [0, 0.1) is 25.3 Å². The van der Waals surface area contributed by atoms with Gasteiger partial charge in [-0.25, -0.2) is 9.41 Å². The molecular weight excluding hydrogens is 476 g/mol. The molecule has 0 spiro atoms. The second-order valence-electron chi connectivity index (χ2n) is 10.9. The number of hydrogen-bond acceptors (Lipinski definition) is 1. The van der Waals surface area contributed by atoms with E-state index in [1.54, 1.807) is 0 Å². The lowest BCUT2D eigenvalue weighted by atomic mass is 9.60. The van der Waals surface area contributed by atoms with Crippen molar-refractivity contribution >= 4 is 33.2 Å². The fraction of sp³-hybridized carbons (Fsp3) is 0.167. The van der Waals surface area contributed by atoms with Gasteiger partial charge in [-0.05, 0) is 48.1 Å². The van der Waals surface area contributed by atoms with Gasteiger partial charge in [0.25, 0.3) is 0 Å². The van der Waals surface area contributed by atoms with Crippen LogP contribution >= 0.6 is 0 Å². The largest absolute Gasteiger partial charge is 0.456 e. The van der Waals surface area contributed by atoms with Gasteiger partial charge in [-0.3, -0.25) is 0 Å². The molecule has 3 nitrogen and oxygen atoms in total. The molecule has 4 aliphatic carbocycles. The van der Waals surface area contributed by atoms with Crippen molar-refractivity contribution in [3.8, 4) is 11.3 Å². The molecule has 8 rings (SSSR count). The highest BCUT2D eigenvalue weighted by Crippen LogP contribution is 2.54. The summed E-state index contributed by atoms with van der Waals surface area (Å²) in [6.07, 6.45) is 17.3. The van der Waals surface area contributed by atoms with E-state index in [9.17, 15) is 1.37 Å². The average Bonchev–Trinajstić information content (AvgIpc) is 3.37. The molecule has 39 heavy (non-hydrogen) atoms. The van der Waals surface area contributed by atoms with Crippen molar-refractivity contribution in [2.75, 3.05) is 0 Å². The Hall–Kier alpha value is -4.68. The molecule has 0 saturated heterocycles.